The molecule has 22 heavy (non-hydrogen) atoms. The van der Waals surface area contributed by atoms with Crippen molar-refractivity contribution < 1.29 is 27.8 Å². The van der Waals surface area contributed by atoms with E-state index in [1.807, 2.05) is 6.92 Å². The second kappa shape index (κ2) is 9.87. The monoisotopic (exact) mass is 314 g/mol. The van der Waals surface area contributed by atoms with Crippen molar-refractivity contribution in [1.29, 1.82) is 0 Å². The van der Waals surface area contributed by atoms with E-state index in [0.717, 1.165) is 25.0 Å². The van der Waals surface area contributed by atoms with Crippen LogP contribution in [0.4, 0.5) is 8.78 Å². The summed E-state index contributed by atoms with van der Waals surface area (Å²) in [5.74, 6) is -2.76. The van der Waals surface area contributed by atoms with Gasteiger partial charge in [-0.05, 0) is 30.5 Å². The maximum absolute atomic E-state index is 13.0. The molecule has 0 spiro atoms. The van der Waals surface area contributed by atoms with Crippen LogP contribution in [0.15, 0.2) is 18.2 Å². The first-order valence-electron chi connectivity index (χ1n) is 7.28. The Morgan fingerprint density at radius 3 is 2.32 bits per heavy atom. The summed E-state index contributed by atoms with van der Waals surface area (Å²) >= 11 is 0. The molecule has 0 aliphatic carbocycles. The molecule has 0 saturated carbocycles. The van der Waals surface area contributed by atoms with Crippen molar-refractivity contribution in [1.82, 2.24) is 0 Å². The van der Waals surface area contributed by atoms with Gasteiger partial charge in [-0.1, -0.05) is 19.4 Å². The van der Waals surface area contributed by atoms with Crippen LogP contribution in [-0.4, -0.2) is 18.5 Å². The van der Waals surface area contributed by atoms with Crippen molar-refractivity contribution in [3.63, 3.8) is 0 Å². The van der Waals surface area contributed by atoms with Gasteiger partial charge in [-0.2, -0.15) is 0 Å². The van der Waals surface area contributed by atoms with Crippen molar-refractivity contribution in [2.24, 2.45) is 0 Å². The van der Waals surface area contributed by atoms with Crippen LogP contribution in [-0.2, 0) is 25.7 Å². The summed E-state index contributed by atoms with van der Waals surface area (Å²) in [6, 6.07) is 3.30. The lowest BCUT2D eigenvalue weighted by Crippen LogP contribution is -2.08. The number of unbranched alkanes of at least 4 members (excludes halogenated alkanes) is 1. The van der Waals surface area contributed by atoms with Gasteiger partial charge in [0.15, 0.2) is 11.6 Å². The van der Waals surface area contributed by atoms with Crippen molar-refractivity contribution >= 4 is 11.9 Å². The lowest BCUT2D eigenvalue weighted by atomic mass is 10.2. The molecule has 0 heterocycles. The third-order valence-corrected chi connectivity index (χ3v) is 2.91. The van der Waals surface area contributed by atoms with E-state index in [1.165, 1.54) is 6.07 Å². The highest BCUT2D eigenvalue weighted by Crippen LogP contribution is 2.10. The van der Waals surface area contributed by atoms with Gasteiger partial charge in [0.25, 0.3) is 0 Å². The molecule has 0 aromatic heterocycles. The van der Waals surface area contributed by atoms with Crippen LogP contribution in [0.5, 0.6) is 0 Å². The van der Waals surface area contributed by atoms with Gasteiger partial charge in [0, 0.05) is 12.8 Å². The van der Waals surface area contributed by atoms with Crippen LogP contribution < -0.4 is 0 Å². The Kier molecular flexibility index (Phi) is 8.10. The molecule has 6 heteroatoms. The second-order valence-electron chi connectivity index (χ2n) is 4.84. The lowest BCUT2D eigenvalue weighted by Gasteiger charge is -2.06. The Bertz CT molecular complexity index is 503. The number of benzene rings is 1. The molecule has 0 amide bonds. The summed E-state index contributed by atoms with van der Waals surface area (Å²) in [5.41, 5.74) is 0.367. The number of carbonyl (C=O) groups is 2. The highest BCUT2D eigenvalue weighted by molar-refractivity contribution is 5.72. The van der Waals surface area contributed by atoms with Crippen molar-refractivity contribution in [2.75, 3.05) is 6.61 Å². The third-order valence-electron chi connectivity index (χ3n) is 2.91. The Labute approximate surface area is 128 Å². The normalized spacial score (nSPS) is 10.3. The first-order chi connectivity index (χ1) is 10.5. The van der Waals surface area contributed by atoms with Gasteiger partial charge < -0.3 is 9.47 Å². The number of hydrogen-bond acceptors (Lipinski definition) is 4. The molecule has 0 fully saturated rings. The highest BCUT2D eigenvalue weighted by Gasteiger charge is 2.08. The molecule has 1 rings (SSSR count). The first-order valence-corrected chi connectivity index (χ1v) is 7.28. The van der Waals surface area contributed by atoms with E-state index in [2.05, 4.69) is 0 Å². The minimum Gasteiger partial charge on any atom is -0.466 e. The molecule has 1 aromatic carbocycles. The predicted molar refractivity (Wildman–Crippen MR) is 75.9 cm³/mol. The van der Waals surface area contributed by atoms with Crippen molar-refractivity contribution in [3.05, 3.63) is 35.4 Å². The van der Waals surface area contributed by atoms with Gasteiger partial charge in [-0.25, -0.2) is 8.78 Å². The summed E-state index contributed by atoms with van der Waals surface area (Å²) in [6.07, 6.45) is 2.34. The molecule has 0 bridgehead atoms. The summed E-state index contributed by atoms with van der Waals surface area (Å²) in [4.78, 5) is 22.8. The van der Waals surface area contributed by atoms with Gasteiger partial charge in [-0.3, -0.25) is 9.59 Å². The van der Waals surface area contributed by atoms with Crippen LogP contribution >= 0.6 is 0 Å². The zero-order valence-corrected chi connectivity index (χ0v) is 12.6. The van der Waals surface area contributed by atoms with E-state index in [-0.39, 0.29) is 25.4 Å². The Morgan fingerprint density at radius 1 is 1.00 bits per heavy atom. The third kappa shape index (κ3) is 7.15. The molecule has 0 N–H and O–H groups in total. The van der Waals surface area contributed by atoms with E-state index in [0.29, 0.717) is 18.6 Å². The Morgan fingerprint density at radius 2 is 1.68 bits per heavy atom. The van der Waals surface area contributed by atoms with E-state index in [4.69, 9.17) is 9.47 Å². The van der Waals surface area contributed by atoms with Crippen LogP contribution in [0.2, 0.25) is 0 Å². The fourth-order valence-electron chi connectivity index (χ4n) is 1.64. The highest BCUT2D eigenvalue weighted by atomic mass is 19.2. The molecule has 1 aromatic rings. The van der Waals surface area contributed by atoms with Crippen molar-refractivity contribution in [3.8, 4) is 0 Å². The van der Waals surface area contributed by atoms with Crippen LogP contribution in [0.3, 0.4) is 0 Å². The van der Waals surface area contributed by atoms with E-state index < -0.39 is 17.6 Å². The maximum Gasteiger partial charge on any atom is 0.306 e. The van der Waals surface area contributed by atoms with E-state index >= 15 is 0 Å². The Hall–Kier alpha value is -1.98. The molecule has 0 radical (unpaired) electrons. The molecular formula is C16H20F2O4. The molecule has 0 atom stereocenters. The zero-order chi connectivity index (χ0) is 16.4. The molecule has 4 nitrogen and oxygen atoms in total. The van der Waals surface area contributed by atoms with Crippen LogP contribution in [0, 0.1) is 11.6 Å². The predicted octanol–water partition coefficient (Wildman–Crippen LogP) is 3.52. The average molecular weight is 314 g/mol. The first kappa shape index (κ1) is 18.1. The molecular weight excluding hydrogens is 294 g/mol. The van der Waals surface area contributed by atoms with E-state index in [9.17, 15) is 18.4 Å². The fraction of sp³-hybridized carbons (Fsp3) is 0.500. The molecule has 0 aliphatic heterocycles. The fourth-order valence-corrected chi connectivity index (χ4v) is 1.64. The number of esters is 2. The molecule has 0 saturated heterocycles. The smallest absolute Gasteiger partial charge is 0.306 e. The zero-order valence-electron chi connectivity index (χ0n) is 12.6. The number of carbonyl (C=O) groups excluding carboxylic acids is 2. The van der Waals surface area contributed by atoms with Crippen LogP contribution in [0.25, 0.3) is 0 Å². The van der Waals surface area contributed by atoms with Crippen molar-refractivity contribution in [2.45, 2.75) is 45.6 Å². The number of ether oxygens (including phenoxy) is 2. The Balaban J connectivity index is 2.18. The summed E-state index contributed by atoms with van der Waals surface area (Å²) < 4.78 is 35.6. The summed E-state index contributed by atoms with van der Waals surface area (Å²) in [7, 11) is 0. The molecule has 0 unspecified atom stereocenters. The summed E-state index contributed by atoms with van der Waals surface area (Å²) in [5, 5.41) is 0. The molecule has 0 aliphatic rings. The van der Waals surface area contributed by atoms with E-state index in [1.54, 1.807) is 0 Å². The molecule has 122 valence electrons. The standard InChI is InChI=1S/C16H20F2O4/c1-2-3-9-21-15(19)5-4-6-16(20)22-11-12-7-8-13(17)14(18)10-12/h7-8,10H,2-6,9,11H2,1H3. The minimum absolute atomic E-state index is 0.0759. The van der Waals surface area contributed by atoms with Gasteiger partial charge in [0.1, 0.15) is 6.61 Å². The lowest BCUT2D eigenvalue weighted by molar-refractivity contribution is -0.146. The van der Waals surface area contributed by atoms with Gasteiger partial charge in [0.2, 0.25) is 0 Å². The quantitative estimate of drug-likeness (QED) is 0.517. The summed E-state index contributed by atoms with van der Waals surface area (Å²) in [6.45, 7) is 2.27. The maximum atomic E-state index is 13.0. The average Bonchev–Trinajstić information content (AvgIpc) is 2.49. The largest absolute Gasteiger partial charge is 0.466 e. The minimum atomic E-state index is -0.983. The second-order valence-corrected chi connectivity index (χ2v) is 4.84. The van der Waals surface area contributed by atoms with Gasteiger partial charge >= 0.3 is 11.9 Å². The van der Waals surface area contributed by atoms with Gasteiger partial charge in [-0.15, -0.1) is 0 Å². The number of rotatable bonds is 9. The number of halogens is 2. The SMILES string of the molecule is CCCCOC(=O)CCCC(=O)OCc1ccc(F)c(F)c1. The number of hydrogen-bond donors (Lipinski definition) is 0. The topological polar surface area (TPSA) is 52.6 Å². The van der Waals surface area contributed by atoms with Gasteiger partial charge in [0.05, 0.1) is 6.61 Å². The van der Waals surface area contributed by atoms with Crippen LogP contribution in [0.1, 0.15) is 44.6 Å².